The largest absolute Gasteiger partial charge is 0.488 e. The predicted octanol–water partition coefficient (Wildman–Crippen LogP) is 2.98. The van der Waals surface area contributed by atoms with Gasteiger partial charge in [0.25, 0.3) is 0 Å². The third-order valence-electron chi connectivity index (χ3n) is 2.30. The minimum absolute atomic E-state index is 0.192. The Bertz CT molecular complexity index is 509. The van der Waals surface area contributed by atoms with Crippen LogP contribution < -0.4 is 10.5 Å². The van der Waals surface area contributed by atoms with Crippen LogP contribution in [-0.2, 0) is 6.54 Å². The molecule has 0 aliphatic heterocycles. The number of hydrogen-bond donors (Lipinski definition) is 1. The monoisotopic (exact) mass is 246 g/mol. The van der Waals surface area contributed by atoms with E-state index < -0.39 is 0 Å². The Morgan fingerprint density at radius 3 is 2.39 bits per heavy atom. The summed E-state index contributed by atoms with van der Waals surface area (Å²) in [6.45, 7) is 6.37. The van der Waals surface area contributed by atoms with Gasteiger partial charge in [-0.2, -0.15) is 0 Å². The Hall–Kier alpha value is -1.81. The Morgan fingerprint density at radius 2 is 1.89 bits per heavy atom. The van der Waals surface area contributed by atoms with Crippen LogP contribution in [0.15, 0.2) is 34.9 Å². The Morgan fingerprint density at radius 1 is 1.22 bits per heavy atom. The maximum absolute atomic E-state index is 5.76. The van der Waals surface area contributed by atoms with Gasteiger partial charge >= 0.3 is 0 Å². The zero-order valence-electron chi connectivity index (χ0n) is 10.9. The van der Waals surface area contributed by atoms with E-state index in [1.54, 1.807) is 6.26 Å². The number of rotatable bonds is 3. The van der Waals surface area contributed by atoms with E-state index in [1.807, 2.05) is 45.0 Å². The highest BCUT2D eigenvalue weighted by molar-refractivity contribution is 5.58. The molecule has 2 rings (SSSR count). The van der Waals surface area contributed by atoms with Gasteiger partial charge in [-0.15, -0.1) is 0 Å². The van der Waals surface area contributed by atoms with Crippen LogP contribution in [0.5, 0.6) is 5.75 Å². The number of oxazole rings is 1. The van der Waals surface area contributed by atoms with E-state index in [2.05, 4.69) is 4.98 Å². The lowest BCUT2D eigenvalue weighted by Gasteiger charge is -2.21. The molecule has 0 spiro atoms. The van der Waals surface area contributed by atoms with Gasteiger partial charge in [-0.3, -0.25) is 0 Å². The molecular formula is C14H18N2O2. The molecule has 0 bridgehead atoms. The van der Waals surface area contributed by atoms with Gasteiger partial charge in [-0.25, -0.2) is 4.98 Å². The first-order valence-corrected chi connectivity index (χ1v) is 5.92. The van der Waals surface area contributed by atoms with Crippen molar-refractivity contribution in [1.82, 2.24) is 4.98 Å². The van der Waals surface area contributed by atoms with Gasteiger partial charge in [0.05, 0.1) is 6.54 Å². The molecule has 0 aliphatic rings. The van der Waals surface area contributed by atoms with Crippen molar-refractivity contribution in [2.45, 2.75) is 32.9 Å². The summed E-state index contributed by atoms with van der Waals surface area (Å²) in [5, 5.41) is 0. The summed E-state index contributed by atoms with van der Waals surface area (Å²) in [5.74, 6) is 1.38. The Kier molecular flexibility index (Phi) is 3.39. The van der Waals surface area contributed by atoms with Crippen molar-refractivity contribution in [1.29, 1.82) is 0 Å². The molecule has 18 heavy (non-hydrogen) atoms. The van der Waals surface area contributed by atoms with Crippen LogP contribution in [0.2, 0.25) is 0 Å². The van der Waals surface area contributed by atoms with Crippen molar-refractivity contribution in [2.24, 2.45) is 5.73 Å². The van der Waals surface area contributed by atoms with Crippen LogP contribution in [0.25, 0.3) is 11.3 Å². The summed E-state index contributed by atoms with van der Waals surface area (Å²) in [4.78, 5) is 4.27. The smallest absolute Gasteiger partial charge is 0.208 e. The average Bonchev–Trinajstić information content (AvgIpc) is 2.76. The third-order valence-corrected chi connectivity index (χ3v) is 2.30. The first-order valence-electron chi connectivity index (χ1n) is 5.92. The van der Waals surface area contributed by atoms with Gasteiger partial charge in [-0.1, -0.05) is 0 Å². The van der Waals surface area contributed by atoms with Crippen LogP contribution >= 0.6 is 0 Å². The van der Waals surface area contributed by atoms with Gasteiger partial charge in [0.2, 0.25) is 5.89 Å². The molecular weight excluding hydrogens is 228 g/mol. The maximum atomic E-state index is 5.76. The molecule has 0 unspecified atom stereocenters. The quantitative estimate of drug-likeness (QED) is 0.904. The van der Waals surface area contributed by atoms with Crippen LogP contribution in [0.4, 0.5) is 0 Å². The van der Waals surface area contributed by atoms with E-state index in [-0.39, 0.29) is 5.60 Å². The Labute approximate surface area is 107 Å². The topological polar surface area (TPSA) is 61.3 Å². The van der Waals surface area contributed by atoms with E-state index in [0.29, 0.717) is 12.4 Å². The summed E-state index contributed by atoms with van der Waals surface area (Å²) in [5.41, 5.74) is 7.04. The van der Waals surface area contributed by atoms with Crippen LogP contribution in [0, 0.1) is 0 Å². The van der Waals surface area contributed by atoms with Gasteiger partial charge in [0, 0.05) is 5.56 Å². The summed E-state index contributed by atoms with van der Waals surface area (Å²) >= 11 is 0. The fourth-order valence-corrected chi connectivity index (χ4v) is 1.58. The number of hydrogen-bond acceptors (Lipinski definition) is 4. The molecule has 0 saturated carbocycles. The molecule has 0 atom stereocenters. The summed E-state index contributed by atoms with van der Waals surface area (Å²) in [6.07, 6.45) is 1.61. The molecule has 0 amide bonds. The average molecular weight is 246 g/mol. The maximum Gasteiger partial charge on any atom is 0.208 e. The van der Waals surface area contributed by atoms with Crippen LogP contribution in [0.1, 0.15) is 26.7 Å². The summed E-state index contributed by atoms with van der Waals surface area (Å²) < 4.78 is 11.0. The number of aromatic nitrogens is 1. The van der Waals surface area contributed by atoms with Gasteiger partial charge < -0.3 is 14.9 Å². The molecule has 4 heteroatoms. The van der Waals surface area contributed by atoms with E-state index in [9.17, 15) is 0 Å². The van der Waals surface area contributed by atoms with Gasteiger partial charge in [0.1, 0.15) is 23.3 Å². The van der Waals surface area contributed by atoms with Gasteiger partial charge in [0.15, 0.2) is 0 Å². The second kappa shape index (κ2) is 4.82. The fourth-order valence-electron chi connectivity index (χ4n) is 1.58. The molecule has 4 nitrogen and oxygen atoms in total. The number of nitrogens with two attached hydrogens (primary N) is 1. The van der Waals surface area contributed by atoms with Crippen molar-refractivity contribution in [2.75, 3.05) is 0 Å². The normalized spacial score (nSPS) is 11.6. The second-order valence-electron chi connectivity index (χ2n) is 5.07. The Balaban J connectivity index is 2.17. The van der Waals surface area contributed by atoms with Gasteiger partial charge in [-0.05, 0) is 45.0 Å². The summed E-state index contributed by atoms with van der Waals surface area (Å²) in [6, 6.07) is 7.77. The molecule has 0 saturated heterocycles. The summed E-state index contributed by atoms with van der Waals surface area (Å²) in [7, 11) is 0. The molecule has 2 N–H and O–H groups in total. The van der Waals surface area contributed by atoms with Crippen molar-refractivity contribution < 1.29 is 9.15 Å². The fraction of sp³-hybridized carbons (Fsp3) is 0.357. The highest BCUT2D eigenvalue weighted by Crippen LogP contribution is 2.24. The molecule has 0 radical (unpaired) electrons. The highest BCUT2D eigenvalue weighted by Gasteiger charge is 2.12. The zero-order chi connectivity index (χ0) is 13.2. The number of ether oxygens (including phenoxy) is 1. The minimum atomic E-state index is -0.192. The van der Waals surface area contributed by atoms with Crippen LogP contribution in [0.3, 0.4) is 0 Å². The van der Waals surface area contributed by atoms with Crippen molar-refractivity contribution in [3.63, 3.8) is 0 Å². The SMILES string of the molecule is CC(C)(C)Oc1ccc(-c2coc(CN)n2)cc1. The molecule has 1 aromatic heterocycles. The molecule has 0 fully saturated rings. The minimum Gasteiger partial charge on any atom is -0.488 e. The van der Waals surface area contributed by atoms with Crippen molar-refractivity contribution >= 4 is 0 Å². The zero-order valence-corrected chi connectivity index (χ0v) is 10.9. The molecule has 1 aromatic carbocycles. The molecule has 0 aliphatic carbocycles. The van der Waals surface area contributed by atoms with Crippen molar-refractivity contribution in [3.05, 3.63) is 36.4 Å². The van der Waals surface area contributed by atoms with E-state index >= 15 is 0 Å². The second-order valence-corrected chi connectivity index (χ2v) is 5.07. The molecule has 2 aromatic rings. The predicted molar refractivity (Wildman–Crippen MR) is 70.2 cm³/mol. The van der Waals surface area contributed by atoms with E-state index in [4.69, 9.17) is 14.9 Å². The lowest BCUT2D eigenvalue weighted by atomic mass is 10.1. The molecule has 1 heterocycles. The number of nitrogens with zero attached hydrogens (tertiary/aromatic N) is 1. The standard InChI is InChI=1S/C14H18N2O2/c1-14(2,3)18-11-6-4-10(5-7-11)12-9-17-13(8-15)16-12/h4-7,9H,8,15H2,1-3H3. The highest BCUT2D eigenvalue weighted by atomic mass is 16.5. The molecule has 96 valence electrons. The third kappa shape index (κ3) is 3.11. The number of benzene rings is 1. The lowest BCUT2D eigenvalue weighted by molar-refractivity contribution is 0.131. The first kappa shape index (κ1) is 12.6. The van der Waals surface area contributed by atoms with E-state index in [0.717, 1.165) is 17.0 Å². The van der Waals surface area contributed by atoms with Crippen LogP contribution in [-0.4, -0.2) is 10.6 Å². The lowest BCUT2D eigenvalue weighted by Crippen LogP contribution is -2.22. The van der Waals surface area contributed by atoms with E-state index in [1.165, 1.54) is 0 Å². The first-order chi connectivity index (χ1) is 8.48. The van der Waals surface area contributed by atoms with Crippen molar-refractivity contribution in [3.8, 4) is 17.0 Å².